The van der Waals surface area contributed by atoms with Gasteiger partial charge in [0.25, 0.3) is 0 Å². The lowest BCUT2D eigenvalue weighted by molar-refractivity contribution is 0.515. The first-order valence-electron chi connectivity index (χ1n) is 8.69. The topological polar surface area (TPSA) is 12.9 Å². The van der Waals surface area contributed by atoms with Crippen molar-refractivity contribution < 1.29 is 8.78 Å². The molecule has 0 saturated carbocycles. The van der Waals surface area contributed by atoms with Crippen LogP contribution in [-0.2, 0) is 6.42 Å². The molecule has 0 unspecified atom stereocenters. The molecule has 0 aliphatic carbocycles. The van der Waals surface area contributed by atoms with Crippen LogP contribution in [0.5, 0.6) is 0 Å². The maximum absolute atomic E-state index is 13.8. The molecule has 1 nitrogen and oxygen atoms in total. The molecule has 1 aromatic heterocycles. The Morgan fingerprint density at radius 3 is 1.92 bits per heavy atom. The van der Waals surface area contributed by atoms with Crippen molar-refractivity contribution in [2.24, 2.45) is 0 Å². The molecule has 0 spiro atoms. The second kappa shape index (κ2) is 8.02. The Balaban J connectivity index is 1.76. The van der Waals surface area contributed by atoms with E-state index in [0.717, 1.165) is 17.5 Å². The predicted octanol–water partition coefficient (Wildman–Crippen LogP) is 6.43. The summed E-state index contributed by atoms with van der Waals surface area (Å²) in [6.45, 7) is 2.21. The van der Waals surface area contributed by atoms with Crippen LogP contribution in [0.25, 0.3) is 22.3 Å². The number of unbranched alkanes of at least 4 members (excludes halogenated alkanes) is 2. The minimum Gasteiger partial charge on any atom is -0.190 e. The molecule has 0 fully saturated rings. The summed E-state index contributed by atoms with van der Waals surface area (Å²) in [5.74, 6) is -1.60. The van der Waals surface area contributed by atoms with Gasteiger partial charge in [0.2, 0.25) is 11.9 Å². The number of rotatable bonds is 6. The summed E-state index contributed by atoms with van der Waals surface area (Å²) in [6.07, 6.45) is 4.83. The molecule has 128 valence electrons. The van der Waals surface area contributed by atoms with Crippen LogP contribution in [0, 0.1) is 11.9 Å². The molecular weight excluding hydrogens is 316 g/mol. The van der Waals surface area contributed by atoms with E-state index >= 15 is 0 Å². The molecule has 25 heavy (non-hydrogen) atoms. The van der Waals surface area contributed by atoms with Gasteiger partial charge in [0.1, 0.15) is 0 Å². The molecule has 0 amide bonds. The largest absolute Gasteiger partial charge is 0.223 e. The summed E-state index contributed by atoms with van der Waals surface area (Å²) < 4.78 is 26.7. The first-order valence-corrected chi connectivity index (χ1v) is 8.69. The molecule has 0 atom stereocenters. The molecule has 0 aliphatic rings. The minimum atomic E-state index is -0.808. The Labute approximate surface area is 147 Å². The number of hydrogen-bond donors (Lipinski definition) is 0. The number of aromatic nitrogens is 1. The average Bonchev–Trinajstić information content (AvgIpc) is 2.63. The van der Waals surface area contributed by atoms with Crippen molar-refractivity contribution in [1.82, 2.24) is 4.98 Å². The van der Waals surface area contributed by atoms with Gasteiger partial charge in [-0.1, -0.05) is 68.3 Å². The molecule has 3 rings (SSSR count). The Kier molecular flexibility index (Phi) is 5.54. The highest BCUT2D eigenvalue weighted by Crippen LogP contribution is 2.26. The van der Waals surface area contributed by atoms with Gasteiger partial charge in [-0.2, -0.15) is 13.8 Å². The van der Waals surface area contributed by atoms with Gasteiger partial charge in [-0.05, 0) is 47.2 Å². The van der Waals surface area contributed by atoms with Gasteiger partial charge >= 0.3 is 0 Å². The summed E-state index contributed by atoms with van der Waals surface area (Å²) in [5, 5.41) is 0. The number of hydrogen-bond acceptors (Lipinski definition) is 1. The molecule has 0 saturated heterocycles. The SMILES string of the molecule is CCCCCc1ccc(-c2ccc(-c3ccc(F)nc3F)cc2)cc1. The van der Waals surface area contributed by atoms with Gasteiger partial charge in [-0.25, -0.2) is 0 Å². The Bertz CT molecular complexity index is 824. The molecule has 3 aromatic rings. The number of benzene rings is 2. The Morgan fingerprint density at radius 2 is 1.32 bits per heavy atom. The number of halogens is 2. The minimum absolute atomic E-state index is 0.305. The highest BCUT2D eigenvalue weighted by Gasteiger charge is 2.08. The van der Waals surface area contributed by atoms with E-state index in [0.29, 0.717) is 11.1 Å². The van der Waals surface area contributed by atoms with E-state index in [9.17, 15) is 8.78 Å². The summed E-state index contributed by atoms with van der Waals surface area (Å²) in [6, 6.07) is 18.7. The molecular formula is C22H21F2N. The molecule has 0 aliphatic heterocycles. The van der Waals surface area contributed by atoms with Crippen LogP contribution in [0.4, 0.5) is 8.78 Å². The summed E-state index contributed by atoms with van der Waals surface area (Å²) in [7, 11) is 0. The molecule has 2 aromatic carbocycles. The van der Waals surface area contributed by atoms with Crippen LogP contribution < -0.4 is 0 Å². The fourth-order valence-electron chi connectivity index (χ4n) is 2.91. The van der Waals surface area contributed by atoms with Crippen LogP contribution in [0.2, 0.25) is 0 Å². The van der Waals surface area contributed by atoms with Crippen molar-refractivity contribution in [3.05, 3.63) is 78.1 Å². The normalized spacial score (nSPS) is 10.8. The van der Waals surface area contributed by atoms with Crippen molar-refractivity contribution in [3.63, 3.8) is 0 Å². The number of pyridine rings is 1. The summed E-state index contributed by atoms with van der Waals surface area (Å²) >= 11 is 0. The van der Waals surface area contributed by atoms with Gasteiger partial charge in [0.15, 0.2) is 0 Å². The van der Waals surface area contributed by atoms with Crippen LogP contribution >= 0.6 is 0 Å². The van der Waals surface area contributed by atoms with Crippen molar-refractivity contribution in [1.29, 1.82) is 0 Å². The highest BCUT2D eigenvalue weighted by atomic mass is 19.1. The van der Waals surface area contributed by atoms with E-state index < -0.39 is 11.9 Å². The first-order chi connectivity index (χ1) is 12.2. The van der Waals surface area contributed by atoms with Crippen molar-refractivity contribution in [2.75, 3.05) is 0 Å². The molecule has 0 N–H and O–H groups in total. The second-order valence-corrected chi connectivity index (χ2v) is 6.20. The van der Waals surface area contributed by atoms with Crippen LogP contribution in [-0.4, -0.2) is 4.98 Å². The Morgan fingerprint density at radius 1 is 0.720 bits per heavy atom. The zero-order valence-corrected chi connectivity index (χ0v) is 14.3. The standard InChI is InChI=1S/C22H21F2N/c1-2-3-4-5-16-6-8-17(9-7-16)18-10-12-19(13-11-18)20-14-15-21(23)25-22(20)24/h6-15H,2-5H2,1H3. The fraction of sp³-hybridized carbons (Fsp3) is 0.227. The van der Waals surface area contributed by atoms with Crippen molar-refractivity contribution in [2.45, 2.75) is 32.6 Å². The smallest absolute Gasteiger partial charge is 0.190 e. The van der Waals surface area contributed by atoms with Crippen LogP contribution in [0.1, 0.15) is 31.7 Å². The second-order valence-electron chi connectivity index (χ2n) is 6.20. The van der Waals surface area contributed by atoms with Crippen molar-refractivity contribution in [3.8, 4) is 22.3 Å². The predicted molar refractivity (Wildman–Crippen MR) is 98.3 cm³/mol. The third kappa shape index (κ3) is 4.30. The lowest BCUT2D eigenvalue weighted by atomic mass is 9.99. The van der Waals surface area contributed by atoms with Crippen LogP contribution in [0.15, 0.2) is 60.7 Å². The lowest BCUT2D eigenvalue weighted by Crippen LogP contribution is -1.92. The van der Waals surface area contributed by atoms with E-state index in [1.54, 1.807) is 0 Å². The molecule has 3 heteroatoms. The Hall–Kier alpha value is -2.55. The van der Waals surface area contributed by atoms with E-state index in [1.807, 2.05) is 24.3 Å². The van der Waals surface area contributed by atoms with Gasteiger partial charge in [-0.3, -0.25) is 0 Å². The average molecular weight is 337 g/mol. The maximum atomic E-state index is 13.8. The van der Waals surface area contributed by atoms with Gasteiger partial charge < -0.3 is 0 Å². The van der Waals surface area contributed by atoms with E-state index in [1.165, 1.54) is 37.0 Å². The van der Waals surface area contributed by atoms with E-state index in [4.69, 9.17) is 0 Å². The third-order valence-electron chi connectivity index (χ3n) is 4.37. The van der Waals surface area contributed by atoms with Gasteiger partial charge in [-0.15, -0.1) is 0 Å². The number of aryl methyl sites for hydroxylation is 1. The quantitative estimate of drug-likeness (QED) is 0.373. The van der Waals surface area contributed by atoms with E-state index in [2.05, 4.69) is 36.2 Å². The lowest BCUT2D eigenvalue weighted by Gasteiger charge is -2.07. The van der Waals surface area contributed by atoms with Crippen molar-refractivity contribution >= 4 is 0 Å². The molecule has 1 heterocycles. The van der Waals surface area contributed by atoms with Crippen LogP contribution in [0.3, 0.4) is 0 Å². The van der Waals surface area contributed by atoms with E-state index in [-0.39, 0.29) is 0 Å². The van der Waals surface area contributed by atoms with Gasteiger partial charge in [0, 0.05) is 5.56 Å². The molecule has 0 bridgehead atoms. The van der Waals surface area contributed by atoms with Gasteiger partial charge in [0.05, 0.1) is 0 Å². The third-order valence-corrected chi connectivity index (χ3v) is 4.37. The highest BCUT2D eigenvalue weighted by molar-refractivity contribution is 5.70. The zero-order valence-electron chi connectivity index (χ0n) is 14.3. The zero-order chi connectivity index (χ0) is 17.6. The fourth-order valence-corrected chi connectivity index (χ4v) is 2.91. The first kappa shape index (κ1) is 17.3. The summed E-state index contributed by atoms with van der Waals surface area (Å²) in [5.41, 5.74) is 4.54. The maximum Gasteiger partial charge on any atom is 0.223 e. The molecule has 0 radical (unpaired) electrons. The monoisotopic (exact) mass is 337 g/mol. The summed E-state index contributed by atoms with van der Waals surface area (Å²) in [4.78, 5) is 3.24. The number of nitrogens with zero attached hydrogens (tertiary/aromatic N) is 1.